The van der Waals surface area contributed by atoms with E-state index in [1.165, 1.54) is 6.07 Å². The lowest BCUT2D eigenvalue weighted by Gasteiger charge is -2.25. The number of rotatable bonds is 8. The second-order valence-electron chi connectivity index (χ2n) is 8.57. The van der Waals surface area contributed by atoms with Gasteiger partial charge in [-0.25, -0.2) is 18.1 Å². The van der Waals surface area contributed by atoms with Gasteiger partial charge in [-0.2, -0.15) is 0 Å². The molecule has 4 aromatic rings. The number of aromatic nitrogens is 1. The summed E-state index contributed by atoms with van der Waals surface area (Å²) in [4.78, 5) is 19.1. The van der Waals surface area contributed by atoms with Crippen LogP contribution in [-0.4, -0.2) is 39.4 Å². The number of benzene rings is 3. The van der Waals surface area contributed by atoms with Crippen LogP contribution in [0, 0.1) is 5.41 Å². The molecule has 0 bridgehead atoms. The SMILES string of the molecule is CCC[C@H](NC(=N)N)c1ccc(S(=O)(=O)NC(=O)c2nc3ccccc3s2)c2cccc(N(C)C)c12. The third-order valence-corrected chi connectivity index (χ3v) is 8.20. The largest absolute Gasteiger partial charge is 0.377 e. The highest BCUT2D eigenvalue weighted by atomic mass is 32.2. The molecule has 0 saturated heterocycles. The molecule has 0 aliphatic rings. The minimum Gasteiger partial charge on any atom is -0.377 e. The average Bonchev–Trinajstić information content (AvgIpc) is 3.27. The van der Waals surface area contributed by atoms with E-state index < -0.39 is 15.9 Å². The van der Waals surface area contributed by atoms with Gasteiger partial charge in [0.25, 0.3) is 15.9 Å². The molecular formula is C25H28N6O3S2. The third kappa shape index (κ3) is 4.98. The summed E-state index contributed by atoms with van der Waals surface area (Å²) in [7, 11) is -0.477. The van der Waals surface area contributed by atoms with Crippen LogP contribution in [-0.2, 0) is 10.0 Å². The number of carbonyl (C=O) groups excluding carboxylic acids is 1. The number of amides is 1. The summed E-state index contributed by atoms with van der Waals surface area (Å²) in [5.41, 5.74) is 7.92. The van der Waals surface area contributed by atoms with Crippen LogP contribution in [0.1, 0.15) is 41.2 Å². The number of nitrogens with two attached hydrogens (primary N) is 1. The monoisotopic (exact) mass is 524 g/mol. The summed E-state index contributed by atoms with van der Waals surface area (Å²) in [5, 5.41) is 12.0. The van der Waals surface area contributed by atoms with E-state index in [-0.39, 0.29) is 21.9 Å². The fraction of sp³-hybridized carbons (Fsp3) is 0.240. The van der Waals surface area contributed by atoms with Crippen molar-refractivity contribution in [2.24, 2.45) is 5.73 Å². The fourth-order valence-corrected chi connectivity index (χ4v) is 6.34. The van der Waals surface area contributed by atoms with Crippen molar-refractivity contribution >= 4 is 59.9 Å². The Morgan fingerprint density at radius 1 is 1.14 bits per heavy atom. The highest BCUT2D eigenvalue weighted by molar-refractivity contribution is 7.90. The summed E-state index contributed by atoms with van der Waals surface area (Å²) in [6.07, 6.45) is 1.52. The lowest BCUT2D eigenvalue weighted by Crippen LogP contribution is -2.34. The first-order valence-electron chi connectivity index (χ1n) is 11.4. The Hall–Kier alpha value is -3.70. The number of para-hydroxylation sites is 1. The van der Waals surface area contributed by atoms with Crippen molar-refractivity contribution in [3.05, 3.63) is 65.2 Å². The standard InChI is InChI=1S/C25H28N6O3S2/c1-4-8-17(29-25(26)27)15-13-14-21(16-9-7-11-19(22(15)16)31(2)3)36(33,34)30-23(32)24-28-18-10-5-6-12-20(18)35-24/h5-7,9-14,17H,4,8H2,1-3H3,(H,30,32)(H4,26,27,29)/t17-/m0/s1. The maximum atomic E-state index is 13.5. The number of hydrogen-bond donors (Lipinski definition) is 4. The van der Waals surface area contributed by atoms with E-state index in [2.05, 4.69) is 15.0 Å². The number of nitrogens with zero attached hydrogens (tertiary/aromatic N) is 2. The van der Waals surface area contributed by atoms with Crippen molar-refractivity contribution in [2.75, 3.05) is 19.0 Å². The molecule has 0 spiro atoms. The predicted molar refractivity (Wildman–Crippen MR) is 145 cm³/mol. The molecule has 0 fully saturated rings. The Morgan fingerprint density at radius 3 is 2.56 bits per heavy atom. The average molecular weight is 525 g/mol. The first-order chi connectivity index (χ1) is 17.1. The molecule has 36 heavy (non-hydrogen) atoms. The normalized spacial score (nSPS) is 12.4. The zero-order chi connectivity index (χ0) is 26.0. The lowest BCUT2D eigenvalue weighted by atomic mass is 9.94. The number of anilines is 1. The molecule has 5 N–H and O–H groups in total. The molecule has 0 aliphatic heterocycles. The molecule has 188 valence electrons. The highest BCUT2D eigenvalue weighted by Crippen LogP contribution is 2.37. The van der Waals surface area contributed by atoms with Crippen molar-refractivity contribution in [3.8, 4) is 0 Å². The molecular weight excluding hydrogens is 496 g/mol. The van der Waals surface area contributed by atoms with E-state index in [1.807, 2.05) is 50.2 Å². The predicted octanol–water partition coefficient (Wildman–Crippen LogP) is 3.96. The third-order valence-electron chi connectivity index (χ3n) is 5.78. The van der Waals surface area contributed by atoms with Crippen LogP contribution in [0.25, 0.3) is 21.0 Å². The van der Waals surface area contributed by atoms with Crippen molar-refractivity contribution in [1.82, 2.24) is 15.0 Å². The van der Waals surface area contributed by atoms with E-state index >= 15 is 0 Å². The van der Waals surface area contributed by atoms with E-state index in [0.717, 1.165) is 33.7 Å². The van der Waals surface area contributed by atoms with Gasteiger partial charge in [-0.3, -0.25) is 10.2 Å². The van der Waals surface area contributed by atoms with Crippen LogP contribution in [0.5, 0.6) is 0 Å². The van der Waals surface area contributed by atoms with Crippen LogP contribution >= 0.6 is 11.3 Å². The van der Waals surface area contributed by atoms with Crippen molar-refractivity contribution in [1.29, 1.82) is 5.41 Å². The van der Waals surface area contributed by atoms with Gasteiger partial charge in [-0.15, -0.1) is 11.3 Å². The Kier molecular flexibility index (Phi) is 7.14. The van der Waals surface area contributed by atoms with Gasteiger partial charge < -0.3 is 16.0 Å². The number of hydrogen-bond acceptors (Lipinski definition) is 7. The molecule has 4 rings (SSSR count). The van der Waals surface area contributed by atoms with Crippen molar-refractivity contribution < 1.29 is 13.2 Å². The number of sulfonamides is 1. The summed E-state index contributed by atoms with van der Waals surface area (Å²) in [6, 6.07) is 15.6. The topological polar surface area (TPSA) is 141 Å². The van der Waals surface area contributed by atoms with Crippen LogP contribution < -0.4 is 20.7 Å². The van der Waals surface area contributed by atoms with E-state index in [1.54, 1.807) is 24.3 Å². The quantitative estimate of drug-likeness (QED) is 0.202. The Balaban J connectivity index is 1.82. The minimum absolute atomic E-state index is 0.0162. The maximum absolute atomic E-state index is 13.5. The molecule has 9 nitrogen and oxygen atoms in total. The Bertz CT molecular complexity index is 1530. The van der Waals surface area contributed by atoms with Crippen LogP contribution in [0.2, 0.25) is 0 Å². The molecule has 0 saturated carbocycles. The van der Waals surface area contributed by atoms with Gasteiger partial charge >= 0.3 is 0 Å². The summed E-state index contributed by atoms with van der Waals surface area (Å²) in [5.74, 6) is -0.942. The second kappa shape index (κ2) is 10.1. The number of fused-ring (bicyclic) bond motifs is 2. The first kappa shape index (κ1) is 25.4. The van der Waals surface area contributed by atoms with Gasteiger partial charge in [-0.05, 0) is 36.2 Å². The second-order valence-corrected chi connectivity index (χ2v) is 11.2. The summed E-state index contributed by atoms with van der Waals surface area (Å²) >= 11 is 1.13. The first-order valence-corrected chi connectivity index (χ1v) is 13.7. The van der Waals surface area contributed by atoms with Crippen LogP contribution in [0.15, 0.2) is 59.5 Å². The van der Waals surface area contributed by atoms with Crippen molar-refractivity contribution in [3.63, 3.8) is 0 Å². The number of guanidine groups is 1. The molecule has 1 aromatic heterocycles. The Morgan fingerprint density at radius 2 is 1.89 bits per heavy atom. The van der Waals surface area contributed by atoms with Gasteiger partial charge in [0, 0.05) is 30.6 Å². The smallest absolute Gasteiger partial charge is 0.294 e. The number of carbonyl (C=O) groups is 1. The van der Waals surface area contributed by atoms with Gasteiger partial charge in [-0.1, -0.05) is 43.7 Å². The van der Waals surface area contributed by atoms with E-state index in [9.17, 15) is 13.2 Å². The highest BCUT2D eigenvalue weighted by Gasteiger charge is 2.26. The molecule has 1 heterocycles. The van der Waals surface area contributed by atoms with Gasteiger partial charge in [0.2, 0.25) is 0 Å². The summed E-state index contributed by atoms with van der Waals surface area (Å²) < 4.78 is 29.9. The minimum atomic E-state index is -4.23. The maximum Gasteiger partial charge on any atom is 0.294 e. The van der Waals surface area contributed by atoms with E-state index in [4.69, 9.17) is 11.1 Å². The molecule has 3 aromatic carbocycles. The Labute approximate surface area is 213 Å². The molecule has 1 atom stereocenters. The van der Waals surface area contributed by atoms with Crippen molar-refractivity contribution in [2.45, 2.75) is 30.7 Å². The molecule has 0 unspecified atom stereocenters. The van der Waals surface area contributed by atoms with Gasteiger partial charge in [0.1, 0.15) is 0 Å². The number of thiazole rings is 1. The molecule has 0 aliphatic carbocycles. The van der Waals surface area contributed by atoms with Crippen LogP contribution in [0.4, 0.5) is 5.69 Å². The molecule has 11 heteroatoms. The summed E-state index contributed by atoms with van der Waals surface area (Å²) in [6.45, 7) is 2.03. The van der Waals surface area contributed by atoms with Gasteiger partial charge in [0.15, 0.2) is 11.0 Å². The van der Waals surface area contributed by atoms with E-state index in [0.29, 0.717) is 22.7 Å². The molecule has 0 radical (unpaired) electrons. The zero-order valence-corrected chi connectivity index (χ0v) is 21.8. The molecule has 1 amide bonds. The lowest BCUT2D eigenvalue weighted by molar-refractivity contribution is 0.0981. The van der Waals surface area contributed by atoms with Crippen LogP contribution in [0.3, 0.4) is 0 Å². The van der Waals surface area contributed by atoms with Gasteiger partial charge in [0.05, 0.1) is 21.2 Å². The number of nitrogens with one attached hydrogen (secondary N) is 3. The zero-order valence-electron chi connectivity index (χ0n) is 20.2. The fourth-order valence-electron chi connectivity index (χ4n) is 4.26.